The molecule has 0 saturated heterocycles. The molecule has 6 nitrogen and oxygen atoms in total. The third kappa shape index (κ3) is 54.6. The molecule has 0 spiro atoms. The molecule has 0 heterocycles. The first kappa shape index (κ1) is 65.6. The summed E-state index contributed by atoms with van der Waals surface area (Å²) in [5.74, 6) is -0.869. The maximum absolute atomic E-state index is 12.9. The van der Waals surface area contributed by atoms with Gasteiger partial charge in [0.25, 0.3) is 0 Å². The average molecular weight is 956 g/mol. The Morgan fingerprint density at radius 2 is 0.544 bits per heavy atom. The van der Waals surface area contributed by atoms with Gasteiger partial charge in [-0.3, -0.25) is 14.4 Å². The molecule has 1 atom stereocenters. The number of carbonyl (C=O) groups is 3. The minimum absolute atomic E-state index is 0.0727. The van der Waals surface area contributed by atoms with Gasteiger partial charge in [0.1, 0.15) is 13.2 Å². The molecule has 0 bridgehead atoms. The van der Waals surface area contributed by atoms with Crippen LogP contribution in [0.25, 0.3) is 0 Å². The van der Waals surface area contributed by atoms with E-state index in [1.807, 2.05) is 0 Å². The minimum Gasteiger partial charge on any atom is -0.462 e. The summed E-state index contributed by atoms with van der Waals surface area (Å²) >= 11 is 0. The zero-order valence-electron chi connectivity index (χ0n) is 45.6. The second-order valence-electron chi connectivity index (χ2n) is 20.3. The van der Waals surface area contributed by atoms with Crippen molar-refractivity contribution in [2.45, 2.75) is 329 Å². The molecule has 1 unspecified atom stereocenters. The van der Waals surface area contributed by atoms with E-state index in [0.29, 0.717) is 19.3 Å². The largest absolute Gasteiger partial charge is 0.462 e. The van der Waals surface area contributed by atoms with Crippen LogP contribution in [0.3, 0.4) is 0 Å². The van der Waals surface area contributed by atoms with Crippen LogP contribution in [-0.2, 0) is 28.6 Å². The Hall–Kier alpha value is -2.37. The second-order valence-corrected chi connectivity index (χ2v) is 20.3. The molecule has 0 aliphatic rings. The summed E-state index contributed by atoms with van der Waals surface area (Å²) in [4.78, 5) is 38.1. The second kappa shape index (κ2) is 57.2. The molecule has 0 N–H and O–H groups in total. The maximum atomic E-state index is 12.9. The van der Waals surface area contributed by atoms with Gasteiger partial charge in [-0.25, -0.2) is 0 Å². The van der Waals surface area contributed by atoms with Crippen LogP contribution in [0.15, 0.2) is 36.5 Å². The third-order valence-corrected chi connectivity index (χ3v) is 13.4. The standard InChI is InChI=1S/C62H114O6/c1-4-7-10-13-16-19-22-24-26-28-30-32-33-35-37-40-43-46-49-52-55-61(64)67-58-59(57-66-60(63)54-51-48-45-42-39-21-18-15-12-9-6-3)68-62(65)56-53-50-47-44-41-38-36-34-31-29-27-25-23-20-17-14-11-8-5-2/h15,17-18,20,25,27,59H,4-14,16,19,21-24,26,28-58H2,1-3H3/b18-15-,20-17-,27-25-. The zero-order chi connectivity index (χ0) is 49.3. The van der Waals surface area contributed by atoms with Crippen molar-refractivity contribution in [1.82, 2.24) is 0 Å². The summed E-state index contributed by atoms with van der Waals surface area (Å²) in [6.07, 6.45) is 68.6. The first-order valence-electron chi connectivity index (χ1n) is 30.0. The molecule has 0 aliphatic heterocycles. The van der Waals surface area contributed by atoms with Crippen molar-refractivity contribution in [1.29, 1.82) is 0 Å². The van der Waals surface area contributed by atoms with E-state index in [2.05, 4.69) is 57.2 Å². The number of hydrogen-bond acceptors (Lipinski definition) is 6. The Bertz CT molecular complexity index is 1140. The molecular formula is C62H114O6. The molecule has 0 amide bonds. The van der Waals surface area contributed by atoms with Crippen molar-refractivity contribution in [2.24, 2.45) is 0 Å². The highest BCUT2D eigenvalue weighted by molar-refractivity contribution is 5.71. The van der Waals surface area contributed by atoms with Gasteiger partial charge in [-0.2, -0.15) is 0 Å². The minimum atomic E-state index is -0.775. The lowest BCUT2D eigenvalue weighted by Gasteiger charge is -2.18. The van der Waals surface area contributed by atoms with Crippen LogP contribution in [-0.4, -0.2) is 37.2 Å². The van der Waals surface area contributed by atoms with E-state index in [-0.39, 0.29) is 31.1 Å². The predicted molar refractivity (Wildman–Crippen MR) is 293 cm³/mol. The summed E-state index contributed by atoms with van der Waals surface area (Å²) in [6, 6.07) is 0. The Morgan fingerprint density at radius 3 is 0.897 bits per heavy atom. The molecule has 0 aromatic rings. The SMILES string of the molecule is CCCC/C=C\CCCCCCCC(=O)OCC(COC(=O)CCCCCCCCCCCCCCCCCCCCCC)OC(=O)CCCCCCCCCCC/C=C\C/C=C\CCCCC. The normalized spacial score (nSPS) is 12.2. The molecule has 0 rings (SSSR count). The van der Waals surface area contributed by atoms with Gasteiger partial charge in [0, 0.05) is 19.3 Å². The summed E-state index contributed by atoms with van der Waals surface area (Å²) in [7, 11) is 0. The van der Waals surface area contributed by atoms with Gasteiger partial charge in [0.05, 0.1) is 0 Å². The molecule has 68 heavy (non-hydrogen) atoms. The van der Waals surface area contributed by atoms with Crippen LogP contribution in [0, 0.1) is 0 Å². The number of rotatable bonds is 55. The van der Waals surface area contributed by atoms with Crippen molar-refractivity contribution in [3.05, 3.63) is 36.5 Å². The quantitative estimate of drug-likeness (QED) is 0.0262. The lowest BCUT2D eigenvalue weighted by molar-refractivity contribution is -0.167. The Morgan fingerprint density at radius 1 is 0.294 bits per heavy atom. The summed E-state index contributed by atoms with van der Waals surface area (Å²) < 4.78 is 16.9. The van der Waals surface area contributed by atoms with E-state index in [1.165, 1.54) is 212 Å². The van der Waals surface area contributed by atoms with E-state index < -0.39 is 6.10 Å². The fraction of sp³-hybridized carbons (Fsp3) is 0.855. The van der Waals surface area contributed by atoms with E-state index in [4.69, 9.17) is 14.2 Å². The van der Waals surface area contributed by atoms with Crippen LogP contribution in [0.1, 0.15) is 323 Å². The predicted octanol–water partition coefficient (Wildman–Crippen LogP) is 20.0. The van der Waals surface area contributed by atoms with E-state index >= 15 is 0 Å². The van der Waals surface area contributed by atoms with Crippen molar-refractivity contribution in [2.75, 3.05) is 13.2 Å². The van der Waals surface area contributed by atoms with Gasteiger partial charge in [-0.15, -0.1) is 0 Å². The van der Waals surface area contributed by atoms with Crippen molar-refractivity contribution < 1.29 is 28.6 Å². The van der Waals surface area contributed by atoms with Gasteiger partial charge in [0.15, 0.2) is 6.10 Å². The van der Waals surface area contributed by atoms with E-state index in [0.717, 1.165) is 70.6 Å². The van der Waals surface area contributed by atoms with Gasteiger partial charge in [-0.1, -0.05) is 269 Å². The highest BCUT2D eigenvalue weighted by Crippen LogP contribution is 2.17. The number of carbonyl (C=O) groups excluding carboxylic acids is 3. The van der Waals surface area contributed by atoms with Crippen LogP contribution < -0.4 is 0 Å². The van der Waals surface area contributed by atoms with Crippen molar-refractivity contribution >= 4 is 17.9 Å². The van der Waals surface area contributed by atoms with Crippen molar-refractivity contribution in [3.8, 4) is 0 Å². The molecule has 0 radical (unpaired) electrons. The number of allylic oxidation sites excluding steroid dienone is 6. The lowest BCUT2D eigenvalue weighted by Crippen LogP contribution is -2.30. The number of esters is 3. The third-order valence-electron chi connectivity index (χ3n) is 13.4. The summed E-state index contributed by atoms with van der Waals surface area (Å²) in [6.45, 7) is 6.61. The number of hydrogen-bond donors (Lipinski definition) is 0. The summed E-state index contributed by atoms with van der Waals surface area (Å²) in [5.41, 5.74) is 0. The van der Waals surface area contributed by atoms with Crippen LogP contribution >= 0.6 is 0 Å². The van der Waals surface area contributed by atoms with Gasteiger partial charge >= 0.3 is 17.9 Å². The molecule has 398 valence electrons. The van der Waals surface area contributed by atoms with Crippen LogP contribution in [0.2, 0.25) is 0 Å². The fourth-order valence-corrected chi connectivity index (χ4v) is 8.81. The van der Waals surface area contributed by atoms with Crippen LogP contribution in [0.5, 0.6) is 0 Å². The Labute approximate surface area is 423 Å². The number of unbranched alkanes of at least 4 members (excludes halogenated alkanes) is 38. The maximum Gasteiger partial charge on any atom is 0.306 e. The molecule has 0 aliphatic carbocycles. The monoisotopic (exact) mass is 955 g/mol. The van der Waals surface area contributed by atoms with Gasteiger partial charge in [-0.05, 0) is 70.6 Å². The lowest BCUT2D eigenvalue weighted by atomic mass is 10.0. The Kier molecular flexibility index (Phi) is 55.2. The molecule has 0 fully saturated rings. The van der Waals surface area contributed by atoms with E-state index in [1.54, 1.807) is 0 Å². The highest BCUT2D eigenvalue weighted by Gasteiger charge is 2.19. The first-order valence-corrected chi connectivity index (χ1v) is 30.0. The molecular weight excluding hydrogens is 841 g/mol. The number of ether oxygens (including phenoxy) is 3. The molecule has 6 heteroatoms. The molecule has 0 aromatic heterocycles. The summed E-state index contributed by atoms with van der Waals surface area (Å²) in [5, 5.41) is 0. The van der Waals surface area contributed by atoms with Gasteiger partial charge in [0.2, 0.25) is 0 Å². The highest BCUT2D eigenvalue weighted by atomic mass is 16.6. The first-order chi connectivity index (χ1) is 33.5. The van der Waals surface area contributed by atoms with E-state index in [9.17, 15) is 14.4 Å². The molecule has 0 saturated carbocycles. The fourth-order valence-electron chi connectivity index (χ4n) is 8.81. The van der Waals surface area contributed by atoms with Crippen molar-refractivity contribution in [3.63, 3.8) is 0 Å². The Balaban J connectivity index is 4.27. The van der Waals surface area contributed by atoms with Gasteiger partial charge < -0.3 is 14.2 Å². The van der Waals surface area contributed by atoms with Crippen LogP contribution in [0.4, 0.5) is 0 Å². The topological polar surface area (TPSA) is 78.9 Å². The zero-order valence-corrected chi connectivity index (χ0v) is 45.6. The molecule has 0 aromatic carbocycles. The average Bonchev–Trinajstić information content (AvgIpc) is 3.34. The smallest absolute Gasteiger partial charge is 0.306 e.